The fraction of sp³-hybridized carbons (Fsp3) is 0.385. The van der Waals surface area contributed by atoms with Crippen LogP contribution in [0.4, 0.5) is 5.82 Å². The number of aryl methyl sites for hydroxylation is 2. The quantitative estimate of drug-likeness (QED) is 0.429. The van der Waals surface area contributed by atoms with E-state index in [1.807, 2.05) is 6.07 Å². The number of hydrogen-bond acceptors (Lipinski definition) is 3. The Hall–Kier alpha value is -3.04. The van der Waals surface area contributed by atoms with Crippen LogP contribution in [0, 0.1) is 30.6 Å². The van der Waals surface area contributed by atoms with Crippen LogP contribution in [0.3, 0.4) is 0 Å². The first-order valence-corrected chi connectivity index (χ1v) is 10.4. The fourth-order valence-electron chi connectivity index (χ4n) is 3.71. The van der Waals surface area contributed by atoms with Crippen molar-refractivity contribution in [2.45, 2.75) is 65.7 Å². The van der Waals surface area contributed by atoms with Gasteiger partial charge in [0.15, 0.2) is 0 Å². The number of nitrogens with zero attached hydrogens (tertiary/aromatic N) is 2. The monoisotopic (exact) mass is 385 g/mol. The molecule has 2 rings (SSSR count). The van der Waals surface area contributed by atoms with Crippen LogP contribution in [0.1, 0.15) is 80.3 Å². The summed E-state index contributed by atoms with van der Waals surface area (Å²) < 4.78 is 0. The first-order chi connectivity index (χ1) is 13.9. The highest BCUT2D eigenvalue weighted by Crippen LogP contribution is 2.37. The summed E-state index contributed by atoms with van der Waals surface area (Å²) in [4.78, 5) is 4.54. The molecule has 0 fully saturated rings. The SMILES string of the molecule is C#Cc1c(C(C)C(=C)CCC)nc(N)c(C#N)c1-c1ccc(CCCC)c(C)c1. The van der Waals surface area contributed by atoms with Gasteiger partial charge in [0.05, 0.1) is 11.3 Å². The lowest BCUT2D eigenvalue weighted by Gasteiger charge is -2.20. The maximum Gasteiger partial charge on any atom is 0.142 e. The number of nitrogen functional groups attached to an aromatic ring is 1. The molecule has 0 saturated heterocycles. The topological polar surface area (TPSA) is 62.7 Å². The molecule has 1 atom stereocenters. The molecule has 2 aromatic rings. The molecule has 0 spiro atoms. The van der Waals surface area contributed by atoms with Gasteiger partial charge in [-0.1, -0.05) is 69.9 Å². The van der Waals surface area contributed by atoms with E-state index in [1.54, 1.807) is 0 Å². The molecular weight excluding hydrogens is 354 g/mol. The first-order valence-electron chi connectivity index (χ1n) is 10.4. The molecule has 150 valence electrons. The molecule has 29 heavy (non-hydrogen) atoms. The Kier molecular flexibility index (Phi) is 7.63. The number of nitriles is 1. The summed E-state index contributed by atoms with van der Waals surface area (Å²) in [6.45, 7) is 12.7. The van der Waals surface area contributed by atoms with Gasteiger partial charge in [0.2, 0.25) is 0 Å². The Morgan fingerprint density at radius 2 is 2.00 bits per heavy atom. The van der Waals surface area contributed by atoms with Crippen molar-refractivity contribution in [3.63, 3.8) is 0 Å². The molecule has 0 amide bonds. The molecule has 0 aliphatic rings. The van der Waals surface area contributed by atoms with Crippen LogP contribution >= 0.6 is 0 Å². The second-order valence-electron chi connectivity index (χ2n) is 7.64. The molecule has 0 saturated carbocycles. The Labute approximate surface area is 175 Å². The smallest absolute Gasteiger partial charge is 0.142 e. The summed E-state index contributed by atoms with van der Waals surface area (Å²) in [5.41, 5.74) is 13.1. The standard InChI is InChI=1S/C26H31N3/c1-7-10-12-20-13-14-21(15-18(20)5)24-22(9-3)25(19(6)17(4)11-8-2)29-26(28)23(24)16-27/h3,13-15,19H,4,7-8,10-12H2,1-2,5-6H3,(H2,28,29). The summed E-state index contributed by atoms with van der Waals surface area (Å²) in [5, 5.41) is 9.79. The zero-order chi connectivity index (χ0) is 21.6. The van der Waals surface area contributed by atoms with Crippen molar-refractivity contribution >= 4 is 5.82 Å². The summed E-state index contributed by atoms with van der Waals surface area (Å²) in [6, 6.07) is 8.51. The molecule has 1 aromatic carbocycles. The molecule has 0 aliphatic carbocycles. The minimum absolute atomic E-state index is 0.0280. The van der Waals surface area contributed by atoms with Gasteiger partial charge in [-0.25, -0.2) is 4.98 Å². The van der Waals surface area contributed by atoms with E-state index in [1.165, 1.54) is 11.1 Å². The van der Waals surface area contributed by atoms with Gasteiger partial charge in [-0.2, -0.15) is 5.26 Å². The van der Waals surface area contributed by atoms with Crippen LogP contribution in [0.2, 0.25) is 0 Å². The van der Waals surface area contributed by atoms with Crippen LogP contribution in [0.15, 0.2) is 30.4 Å². The van der Waals surface area contributed by atoms with Crippen molar-refractivity contribution in [2.24, 2.45) is 0 Å². The predicted molar refractivity (Wildman–Crippen MR) is 123 cm³/mol. The van der Waals surface area contributed by atoms with Crippen molar-refractivity contribution in [3.8, 4) is 29.5 Å². The van der Waals surface area contributed by atoms with Gasteiger partial charge in [0.1, 0.15) is 17.5 Å². The van der Waals surface area contributed by atoms with E-state index in [0.29, 0.717) is 16.7 Å². The number of anilines is 1. The lowest BCUT2D eigenvalue weighted by atomic mass is 9.86. The number of aromatic nitrogens is 1. The highest BCUT2D eigenvalue weighted by atomic mass is 14.9. The Balaban J connectivity index is 2.71. The van der Waals surface area contributed by atoms with Crippen LogP contribution < -0.4 is 5.73 Å². The molecule has 1 aromatic heterocycles. The zero-order valence-corrected chi connectivity index (χ0v) is 18.1. The van der Waals surface area contributed by atoms with Gasteiger partial charge in [-0.3, -0.25) is 0 Å². The first kappa shape index (κ1) is 22.3. The van der Waals surface area contributed by atoms with E-state index >= 15 is 0 Å². The van der Waals surface area contributed by atoms with E-state index in [0.717, 1.165) is 48.9 Å². The highest BCUT2D eigenvalue weighted by Gasteiger charge is 2.23. The van der Waals surface area contributed by atoms with Crippen molar-refractivity contribution in [3.05, 3.63) is 58.3 Å². The van der Waals surface area contributed by atoms with Gasteiger partial charge in [0, 0.05) is 11.5 Å². The molecule has 3 nitrogen and oxygen atoms in total. The summed E-state index contributed by atoms with van der Waals surface area (Å²) in [6.07, 6.45) is 11.2. The third-order valence-electron chi connectivity index (χ3n) is 5.53. The largest absolute Gasteiger partial charge is 0.383 e. The summed E-state index contributed by atoms with van der Waals surface area (Å²) in [5.74, 6) is 3.00. The van der Waals surface area contributed by atoms with E-state index < -0.39 is 0 Å². The second-order valence-corrected chi connectivity index (χ2v) is 7.64. The van der Waals surface area contributed by atoms with E-state index in [-0.39, 0.29) is 11.7 Å². The number of pyridine rings is 1. The molecule has 1 heterocycles. The molecule has 1 unspecified atom stereocenters. The maximum absolute atomic E-state index is 9.79. The van der Waals surface area contributed by atoms with Crippen LogP contribution in [0.5, 0.6) is 0 Å². The number of hydrogen-bond donors (Lipinski definition) is 1. The van der Waals surface area contributed by atoms with Gasteiger partial charge in [0.25, 0.3) is 0 Å². The van der Waals surface area contributed by atoms with Crippen molar-refractivity contribution in [2.75, 3.05) is 5.73 Å². The summed E-state index contributed by atoms with van der Waals surface area (Å²) >= 11 is 0. The minimum atomic E-state index is -0.0280. The molecule has 0 bridgehead atoms. The third-order valence-corrected chi connectivity index (χ3v) is 5.53. The second kappa shape index (κ2) is 9.94. The number of unbranched alkanes of at least 4 members (excludes halogenated alkanes) is 1. The highest BCUT2D eigenvalue weighted by molar-refractivity contribution is 5.82. The van der Waals surface area contributed by atoms with Gasteiger partial charge in [-0.05, 0) is 42.9 Å². The third kappa shape index (κ3) is 4.69. The number of nitrogens with two attached hydrogens (primary N) is 1. The summed E-state index contributed by atoms with van der Waals surface area (Å²) in [7, 11) is 0. The van der Waals surface area contributed by atoms with Crippen molar-refractivity contribution < 1.29 is 0 Å². The Morgan fingerprint density at radius 1 is 1.28 bits per heavy atom. The number of benzene rings is 1. The molecule has 0 aliphatic heterocycles. The normalized spacial score (nSPS) is 11.5. The molecule has 0 radical (unpaired) electrons. The molecule has 3 heteroatoms. The van der Waals surface area contributed by atoms with Crippen LogP contribution in [0.25, 0.3) is 11.1 Å². The van der Waals surface area contributed by atoms with E-state index in [9.17, 15) is 5.26 Å². The lowest BCUT2D eigenvalue weighted by Crippen LogP contribution is -2.10. The lowest BCUT2D eigenvalue weighted by molar-refractivity contribution is 0.766. The average Bonchev–Trinajstić information content (AvgIpc) is 2.71. The average molecular weight is 386 g/mol. The predicted octanol–water partition coefficient (Wildman–Crippen LogP) is 6.29. The zero-order valence-electron chi connectivity index (χ0n) is 18.1. The van der Waals surface area contributed by atoms with Crippen molar-refractivity contribution in [1.29, 1.82) is 5.26 Å². The van der Waals surface area contributed by atoms with Crippen LogP contribution in [-0.4, -0.2) is 4.98 Å². The number of terminal acetylenes is 1. The van der Waals surface area contributed by atoms with E-state index in [4.69, 9.17) is 12.2 Å². The van der Waals surface area contributed by atoms with Gasteiger partial charge < -0.3 is 5.73 Å². The number of allylic oxidation sites excluding steroid dienone is 1. The van der Waals surface area contributed by atoms with E-state index in [2.05, 4.69) is 63.4 Å². The molecular formula is C26H31N3. The Morgan fingerprint density at radius 3 is 2.55 bits per heavy atom. The maximum atomic E-state index is 9.79. The Bertz CT molecular complexity index is 986. The fourth-order valence-corrected chi connectivity index (χ4v) is 3.71. The minimum Gasteiger partial charge on any atom is -0.383 e. The van der Waals surface area contributed by atoms with Gasteiger partial charge in [-0.15, -0.1) is 6.42 Å². The number of rotatable bonds is 8. The van der Waals surface area contributed by atoms with Crippen molar-refractivity contribution in [1.82, 2.24) is 4.98 Å². The van der Waals surface area contributed by atoms with Crippen LogP contribution in [-0.2, 0) is 6.42 Å². The molecule has 2 N–H and O–H groups in total. The van der Waals surface area contributed by atoms with Gasteiger partial charge >= 0.3 is 0 Å².